The van der Waals surface area contributed by atoms with Gasteiger partial charge in [-0.15, -0.1) is 5.73 Å². The van der Waals surface area contributed by atoms with E-state index in [0.29, 0.717) is 0 Å². The minimum absolute atomic E-state index is 1.04. The van der Waals surface area contributed by atoms with Gasteiger partial charge >= 0.3 is 0 Å². The van der Waals surface area contributed by atoms with Gasteiger partial charge in [-0.3, -0.25) is 0 Å². The van der Waals surface area contributed by atoms with E-state index in [1.807, 2.05) is 49.4 Å². The first-order valence-electron chi connectivity index (χ1n) is 3.97. The number of rotatable bonds is 2. The molecule has 0 aliphatic heterocycles. The Balaban J connectivity index is 3.13. The molecule has 1 aromatic carbocycles. The fourth-order valence-corrected chi connectivity index (χ4v) is 1.03. The van der Waals surface area contributed by atoms with Crippen molar-refractivity contribution >= 4 is 5.57 Å². The summed E-state index contributed by atoms with van der Waals surface area (Å²) in [6.45, 7) is 5.69. The molecule has 0 spiro atoms. The minimum atomic E-state index is 1.04. The highest BCUT2D eigenvalue weighted by molar-refractivity contribution is 5.72. The maximum absolute atomic E-state index is 3.74. The van der Waals surface area contributed by atoms with Crippen molar-refractivity contribution in [3.8, 4) is 0 Å². The van der Waals surface area contributed by atoms with Crippen molar-refractivity contribution in [1.82, 2.24) is 0 Å². The zero-order chi connectivity index (χ0) is 8.81. The Hall–Kier alpha value is -1.52. The normalized spacial score (nSPS) is 8.42. The lowest BCUT2D eigenvalue weighted by Gasteiger charge is -1.96. The second kappa shape index (κ2) is 4.38. The summed E-state index contributed by atoms with van der Waals surface area (Å²) in [4.78, 5) is 0. The highest BCUT2D eigenvalue weighted by Crippen LogP contribution is 2.12. The average Bonchev–Trinajstić information content (AvgIpc) is 2.15. The third kappa shape index (κ3) is 1.98. The van der Waals surface area contributed by atoms with Crippen molar-refractivity contribution in [2.45, 2.75) is 6.92 Å². The number of hydrogen-bond donors (Lipinski definition) is 0. The van der Waals surface area contributed by atoms with Crippen LogP contribution in [0.4, 0.5) is 0 Å². The van der Waals surface area contributed by atoms with Crippen molar-refractivity contribution in [2.24, 2.45) is 0 Å². The van der Waals surface area contributed by atoms with Crippen LogP contribution in [0.2, 0.25) is 0 Å². The molecule has 0 atom stereocenters. The standard InChI is InChI=1S/C12H12/c1-3-8-11(4-2)12-9-6-5-7-10-12/h3-7,9-10H,2H2,1H3. The highest BCUT2D eigenvalue weighted by Gasteiger charge is 1.91. The van der Waals surface area contributed by atoms with Crippen molar-refractivity contribution in [3.63, 3.8) is 0 Å². The smallest absolute Gasteiger partial charge is 0.0227 e. The van der Waals surface area contributed by atoms with Gasteiger partial charge in [-0.1, -0.05) is 43.0 Å². The maximum Gasteiger partial charge on any atom is 0.0227 e. The summed E-state index contributed by atoms with van der Waals surface area (Å²) in [7, 11) is 0. The molecule has 0 heteroatoms. The first-order chi connectivity index (χ1) is 5.88. The fraction of sp³-hybridized carbons (Fsp3) is 0.0833. The molecule has 60 valence electrons. The molecule has 0 bridgehead atoms. The van der Waals surface area contributed by atoms with E-state index in [-0.39, 0.29) is 0 Å². The Morgan fingerprint density at radius 1 is 1.33 bits per heavy atom. The second-order valence-corrected chi connectivity index (χ2v) is 2.42. The van der Waals surface area contributed by atoms with Crippen LogP contribution in [-0.2, 0) is 0 Å². The van der Waals surface area contributed by atoms with E-state index in [0.717, 1.165) is 11.1 Å². The summed E-state index contributed by atoms with van der Waals surface area (Å²) in [5.74, 6) is 0. The third-order valence-electron chi connectivity index (χ3n) is 1.59. The average molecular weight is 156 g/mol. The monoisotopic (exact) mass is 156 g/mol. The molecule has 0 radical (unpaired) electrons. The topological polar surface area (TPSA) is 0 Å². The van der Waals surface area contributed by atoms with Gasteiger partial charge in [0.15, 0.2) is 0 Å². The van der Waals surface area contributed by atoms with Crippen molar-refractivity contribution in [1.29, 1.82) is 0 Å². The van der Waals surface area contributed by atoms with Crippen LogP contribution in [0.1, 0.15) is 12.5 Å². The molecule has 0 heterocycles. The van der Waals surface area contributed by atoms with Crippen LogP contribution in [0.25, 0.3) is 5.57 Å². The molecule has 0 aromatic heterocycles. The molecule has 0 aliphatic rings. The maximum atomic E-state index is 3.74. The number of benzene rings is 1. The van der Waals surface area contributed by atoms with Crippen LogP contribution >= 0.6 is 0 Å². The first-order valence-corrected chi connectivity index (χ1v) is 3.97. The third-order valence-corrected chi connectivity index (χ3v) is 1.59. The van der Waals surface area contributed by atoms with Crippen molar-refractivity contribution < 1.29 is 0 Å². The number of allylic oxidation sites excluding steroid dienone is 2. The summed E-state index contributed by atoms with van der Waals surface area (Å²) in [5.41, 5.74) is 5.32. The van der Waals surface area contributed by atoms with E-state index in [4.69, 9.17) is 0 Å². The zero-order valence-electron chi connectivity index (χ0n) is 7.25. The van der Waals surface area contributed by atoms with Crippen LogP contribution in [-0.4, -0.2) is 0 Å². The van der Waals surface area contributed by atoms with Crippen LogP contribution in [0.5, 0.6) is 0 Å². The molecule has 1 rings (SSSR count). The summed E-state index contributed by atoms with van der Waals surface area (Å²) in [5, 5.41) is 0. The molecular formula is C12H12. The molecule has 0 N–H and O–H groups in total. The van der Waals surface area contributed by atoms with E-state index in [9.17, 15) is 0 Å². The Labute approximate surface area is 73.6 Å². The summed E-state index contributed by atoms with van der Waals surface area (Å²) < 4.78 is 0. The molecule has 0 saturated heterocycles. The van der Waals surface area contributed by atoms with E-state index in [1.54, 1.807) is 0 Å². The Morgan fingerprint density at radius 3 is 2.50 bits per heavy atom. The van der Waals surface area contributed by atoms with Crippen molar-refractivity contribution in [2.75, 3.05) is 0 Å². The SMILES string of the molecule is C=CC(=C=CC)c1ccccc1. The highest BCUT2D eigenvalue weighted by atomic mass is 14.0. The van der Waals surface area contributed by atoms with Gasteiger partial charge in [0, 0.05) is 5.57 Å². The predicted octanol–water partition coefficient (Wildman–Crippen LogP) is 3.43. The van der Waals surface area contributed by atoms with Crippen LogP contribution in [0.3, 0.4) is 0 Å². The summed E-state index contributed by atoms with van der Waals surface area (Å²) >= 11 is 0. The predicted molar refractivity (Wildman–Crippen MR) is 53.8 cm³/mol. The van der Waals surface area contributed by atoms with E-state index >= 15 is 0 Å². The molecule has 1 aromatic rings. The lowest BCUT2D eigenvalue weighted by Crippen LogP contribution is -1.75. The molecule has 0 aliphatic carbocycles. The molecule has 0 amide bonds. The molecule has 0 fully saturated rings. The van der Waals surface area contributed by atoms with Gasteiger partial charge in [-0.25, -0.2) is 0 Å². The van der Waals surface area contributed by atoms with E-state index in [1.165, 1.54) is 0 Å². The number of hydrogen-bond acceptors (Lipinski definition) is 0. The lowest BCUT2D eigenvalue weighted by molar-refractivity contribution is 1.62. The molecule has 0 nitrogen and oxygen atoms in total. The van der Waals surface area contributed by atoms with Crippen LogP contribution < -0.4 is 0 Å². The fourth-order valence-electron chi connectivity index (χ4n) is 1.03. The van der Waals surface area contributed by atoms with Crippen molar-refractivity contribution in [3.05, 3.63) is 60.4 Å². The van der Waals surface area contributed by atoms with E-state index < -0.39 is 0 Å². The molecular weight excluding hydrogens is 144 g/mol. The van der Waals surface area contributed by atoms with Crippen LogP contribution in [0, 0.1) is 0 Å². The summed E-state index contributed by atoms with van der Waals surface area (Å²) in [6, 6.07) is 10.1. The summed E-state index contributed by atoms with van der Waals surface area (Å²) in [6.07, 6.45) is 3.71. The zero-order valence-corrected chi connectivity index (χ0v) is 7.25. The van der Waals surface area contributed by atoms with Gasteiger partial charge in [0.05, 0.1) is 0 Å². The van der Waals surface area contributed by atoms with Gasteiger partial charge in [0.2, 0.25) is 0 Å². The van der Waals surface area contributed by atoms with Gasteiger partial charge in [0.25, 0.3) is 0 Å². The second-order valence-electron chi connectivity index (χ2n) is 2.42. The minimum Gasteiger partial charge on any atom is -0.117 e. The Morgan fingerprint density at radius 2 is 2.00 bits per heavy atom. The van der Waals surface area contributed by atoms with Gasteiger partial charge < -0.3 is 0 Å². The molecule has 12 heavy (non-hydrogen) atoms. The molecule has 0 saturated carbocycles. The van der Waals surface area contributed by atoms with Crippen LogP contribution in [0.15, 0.2) is 54.8 Å². The lowest BCUT2D eigenvalue weighted by atomic mass is 10.1. The van der Waals surface area contributed by atoms with Gasteiger partial charge in [0.1, 0.15) is 0 Å². The van der Waals surface area contributed by atoms with E-state index in [2.05, 4.69) is 12.3 Å². The van der Waals surface area contributed by atoms with Gasteiger partial charge in [-0.2, -0.15) is 0 Å². The van der Waals surface area contributed by atoms with Gasteiger partial charge in [-0.05, 0) is 18.6 Å². The Kier molecular flexibility index (Phi) is 3.13. The largest absolute Gasteiger partial charge is 0.117 e. The quantitative estimate of drug-likeness (QED) is 0.454. The molecule has 0 unspecified atom stereocenters. The first kappa shape index (κ1) is 8.58. The Bertz CT molecular complexity index is 311.